The number of carbonyl (C=O) groups is 1. The Labute approximate surface area is 134 Å². The second-order valence-electron chi connectivity index (χ2n) is 6.37. The highest BCUT2D eigenvalue weighted by molar-refractivity contribution is 5.76. The summed E-state index contributed by atoms with van der Waals surface area (Å²) in [4.78, 5) is 12.9. The molecule has 1 aromatic rings. The van der Waals surface area contributed by atoms with E-state index < -0.39 is 24.2 Å². The van der Waals surface area contributed by atoms with Crippen LogP contribution in [0.1, 0.15) is 31.9 Å². The van der Waals surface area contributed by atoms with Gasteiger partial charge in [-0.25, -0.2) is 4.79 Å². The Bertz CT molecular complexity index is 667. The fraction of sp³-hybridized carbons (Fsp3) is 0.412. The number of nitrogens with zero attached hydrogens (tertiary/aromatic N) is 2. The van der Waals surface area contributed by atoms with Crippen LogP contribution in [0.4, 0.5) is 13.6 Å². The van der Waals surface area contributed by atoms with Crippen molar-refractivity contribution in [3.63, 3.8) is 0 Å². The van der Waals surface area contributed by atoms with Gasteiger partial charge in [-0.3, -0.25) is 4.90 Å². The SMILES string of the molecule is CC(C)(C)OC(=O)N1CC=C(c2ccc(C#N)cc2)C(F)(F)C1. The van der Waals surface area contributed by atoms with Crippen LogP contribution >= 0.6 is 0 Å². The molecule has 6 heteroatoms. The number of hydrogen-bond acceptors (Lipinski definition) is 3. The lowest BCUT2D eigenvalue weighted by Gasteiger charge is -2.34. The second-order valence-corrected chi connectivity index (χ2v) is 6.37. The van der Waals surface area contributed by atoms with Crippen molar-refractivity contribution in [2.24, 2.45) is 0 Å². The summed E-state index contributed by atoms with van der Waals surface area (Å²) in [5, 5.41) is 8.76. The number of carbonyl (C=O) groups excluding carboxylic acids is 1. The van der Waals surface area contributed by atoms with Crippen molar-refractivity contribution in [3.8, 4) is 6.07 Å². The third kappa shape index (κ3) is 4.07. The van der Waals surface area contributed by atoms with Gasteiger partial charge >= 0.3 is 6.09 Å². The molecule has 0 aliphatic carbocycles. The Hall–Kier alpha value is -2.42. The molecule has 0 radical (unpaired) electrons. The number of amides is 1. The average Bonchev–Trinajstić information content (AvgIpc) is 2.44. The Balaban J connectivity index is 2.21. The van der Waals surface area contributed by atoms with E-state index in [-0.39, 0.29) is 12.1 Å². The number of ether oxygens (including phenoxy) is 1. The van der Waals surface area contributed by atoms with Gasteiger partial charge in [-0.1, -0.05) is 18.2 Å². The van der Waals surface area contributed by atoms with E-state index in [1.807, 2.05) is 6.07 Å². The largest absolute Gasteiger partial charge is 0.444 e. The van der Waals surface area contributed by atoms with E-state index in [0.29, 0.717) is 11.1 Å². The molecule has 0 fully saturated rings. The lowest BCUT2D eigenvalue weighted by atomic mass is 9.95. The maximum Gasteiger partial charge on any atom is 0.410 e. The molecule has 2 rings (SSSR count). The van der Waals surface area contributed by atoms with Gasteiger partial charge in [0.15, 0.2) is 0 Å². The van der Waals surface area contributed by atoms with Gasteiger partial charge in [0.1, 0.15) is 5.60 Å². The summed E-state index contributed by atoms with van der Waals surface area (Å²) in [5.41, 5.74) is -0.118. The van der Waals surface area contributed by atoms with E-state index >= 15 is 0 Å². The zero-order valence-corrected chi connectivity index (χ0v) is 13.3. The predicted octanol–water partition coefficient (Wildman–Crippen LogP) is 3.83. The molecule has 0 unspecified atom stereocenters. The molecule has 1 aromatic carbocycles. The van der Waals surface area contributed by atoms with Crippen LogP contribution < -0.4 is 0 Å². The Morgan fingerprint density at radius 3 is 2.39 bits per heavy atom. The lowest BCUT2D eigenvalue weighted by molar-refractivity contribution is -0.0105. The third-order valence-corrected chi connectivity index (χ3v) is 3.28. The molecule has 1 aliphatic heterocycles. The van der Waals surface area contributed by atoms with E-state index in [1.165, 1.54) is 30.3 Å². The maximum absolute atomic E-state index is 14.4. The normalized spacial score (nSPS) is 17.2. The van der Waals surface area contributed by atoms with Gasteiger partial charge in [0.25, 0.3) is 5.92 Å². The van der Waals surface area contributed by atoms with E-state index in [4.69, 9.17) is 10.00 Å². The molecule has 4 nitrogen and oxygen atoms in total. The fourth-order valence-electron chi connectivity index (χ4n) is 2.26. The molecule has 23 heavy (non-hydrogen) atoms. The third-order valence-electron chi connectivity index (χ3n) is 3.28. The Kier molecular flexibility index (Phi) is 4.42. The summed E-state index contributed by atoms with van der Waals surface area (Å²) in [5.74, 6) is -3.18. The monoisotopic (exact) mass is 320 g/mol. The molecule has 1 heterocycles. The summed E-state index contributed by atoms with van der Waals surface area (Å²) < 4.78 is 33.9. The summed E-state index contributed by atoms with van der Waals surface area (Å²) in [6.07, 6.45) is 0.571. The molecule has 0 bridgehead atoms. The Morgan fingerprint density at radius 1 is 1.30 bits per heavy atom. The molecule has 0 saturated heterocycles. The fourth-order valence-corrected chi connectivity index (χ4v) is 2.26. The molecule has 1 amide bonds. The zero-order valence-electron chi connectivity index (χ0n) is 13.3. The minimum Gasteiger partial charge on any atom is -0.444 e. The van der Waals surface area contributed by atoms with E-state index in [9.17, 15) is 13.6 Å². The highest BCUT2D eigenvalue weighted by Crippen LogP contribution is 2.36. The maximum atomic E-state index is 14.4. The topological polar surface area (TPSA) is 53.3 Å². The van der Waals surface area contributed by atoms with Gasteiger partial charge in [-0.15, -0.1) is 0 Å². The van der Waals surface area contributed by atoms with E-state index in [1.54, 1.807) is 20.8 Å². The van der Waals surface area contributed by atoms with Gasteiger partial charge in [0.05, 0.1) is 18.2 Å². The number of alkyl halides is 2. The van der Waals surface area contributed by atoms with Gasteiger partial charge < -0.3 is 4.74 Å². The predicted molar refractivity (Wildman–Crippen MR) is 81.9 cm³/mol. The van der Waals surface area contributed by atoms with Crippen molar-refractivity contribution in [1.82, 2.24) is 4.90 Å². The van der Waals surface area contributed by atoms with Crippen LogP contribution in [0.5, 0.6) is 0 Å². The molecule has 0 aromatic heterocycles. The standard InChI is InChI=1S/C17H18F2N2O2/c1-16(2,3)23-15(22)21-9-8-14(17(18,19)11-21)13-6-4-12(10-20)5-7-13/h4-8H,9,11H2,1-3H3. The molecule has 122 valence electrons. The first kappa shape index (κ1) is 16.9. The van der Waals surface area contributed by atoms with Crippen LogP contribution in [0, 0.1) is 11.3 Å². The molecule has 0 atom stereocenters. The van der Waals surface area contributed by atoms with Gasteiger partial charge in [-0.05, 0) is 38.5 Å². The molecular weight excluding hydrogens is 302 g/mol. The summed E-state index contributed by atoms with van der Waals surface area (Å²) in [7, 11) is 0. The molecular formula is C17H18F2N2O2. The van der Waals surface area contributed by atoms with Crippen LogP contribution in [-0.4, -0.2) is 35.6 Å². The van der Waals surface area contributed by atoms with Gasteiger partial charge in [-0.2, -0.15) is 14.0 Å². The highest BCUT2D eigenvalue weighted by atomic mass is 19.3. The average molecular weight is 320 g/mol. The molecule has 0 saturated carbocycles. The quantitative estimate of drug-likeness (QED) is 0.790. The first-order valence-corrected chi connectivity index (χ1v) is 7.19. The molecule has 0 spiro atoms. The number of benzene rings is 1. The minimum absolute atomic E-state index is 0.0554. The highest BCUT2D eigenvalue weighted by Gasteiger charge is 2.42. The van der Waals surface area contributed by atoms with E-state index in [0.717, 1.165) is 4.90 Å². The van der Waals surface area contributed by atoms with Gasteiger partial charge in [0.2, 0.25) is 0 Å². The van der Waals surface area contributed by atoms with E-state index in [2.05, 4.69) is 0 Å². The number of nitriles is 1. The first-order chi connectivity index (χ1) is 10.6. The summed E-state index contributed by atoms with van der Waals surface area (Å²) in [6.45, 7) is 4.38. The minimum atomic E-state index is -3.18. The lowest BCUT2D eigenvalue weighted by Crippen LogP contribution is -2.46. The van der Waals surface area contributed by atoms with Crippen molar-refractivity contribution in [2.75, 3.05) is 13.1 Å². The van der Waals surface area contributed by atoms with Crippen LogP contribution in [0.2, 0.25) is 0 Å². The zero-order chi connectivity index (χ0) is 17.3. The van der Waals surface area contributed by atoms with Crippen molar-refractivity contribution >= 4 is 11.7 Å². The number of halogens is 2. The second kappa shape index (κ2) is 5.99. The smallest absolute Gasteiger partial charge is 0.410 e. The summed E-state index contributed by atoms with van der Waals surface area (Å²) in [6, 6.07) is 7.91. The Morgan fingerprint density at radius 2 is 1.91 bits per heavy atom. The van der Waals surface area contributed by atoms with Crippen LogP contribution in [0.15, 0.2) is 30.3 Å². The van der Waals surface area contributed by atoms with Gasteiger partial charge in [0, 0.05) is 12.1 Å². The summed E-state index contributed by atoms with van der Waals surface area (Å²) >= 11 is 0. The number of hydrogen-bond donors (Lipinski definition) is 0. The van der Waals surface area contributed by atoms with Crippen molar-refractivity contribution < 1.29 is 18.3 Å². The van der Waals surface area contributed by atoms with Crippen LogP contribution in [0.3, 0.4) is 0 Å². The molecule has 1 aliphatic rings. The van der Waals surface area contributed by atoms with Crippen LogP contribution in [0.25, 0.3) is 5.57 Å². The van der Waals surface area contributed by atoms with Crippen LogP contribution in [-0.2, 0) is 4.74 Å². The van der Waals surface area contributed by atoms with Crippen molar-refractivity contribution in [2.45, 2.75) is 32.3 Å². The van der Waals surface area contributed by atoms with Crippen molar-refractivity contribution in [3.05, 3.63) is 41.5 Å². The number of rotatable bonds is 1. The molecule has 0 N–H and O–H groups in total. The first-order valence-electron chi connectivity index (χ1n) is 7.19. The van der Waals surface area contributed by atoms with Crippen molar-refractivity contribution in [1.29, 1.82) is 5.26 Å².